The van der Waals surface area contributed by atoms with E-state index in [9.17, 15) is 14.4 Å². The molecule has 0 spiro atoms. The highest BCUT2D eigenvalue weighted by atomic mass is 16.5. The topological polar surface area (TPSA) is 82.2 Å². The van der Waals surface area contributed by atoms with Gasteiger partial charge in [-0.1, -0.05) is 12.8 Å². The van der Waals surface area contributed by atoms with Gasteiger partial charge in [-0.2, -0.15) is 0 Å². The second kappa shape index (κ2) is 11.7. The van der Waals surface area contributed by atoms with Crippen LogP contribution in [-0.2, 0) is 9.59 Å². The Labute approximate surface area is 202 Å². The largest absolute Gasteiger partial charge is 0.497 e. The molecule has 1 saturated carbocycles. The maximum absolute atomic E-state index is 13.3. The predicted octanol–water partition coefficient (Wildman–Crippen LogP) is 2.14. The van der Waals surface area contributed by atoms with E-state index in [0.717, 1.165) is 44.5 Å². The molecule has 2 heterocycles. The van der Waals surface area contributed by atoms with E-state index in [1.165, 1.54) is 12.8 Å². The van der Waals surface area contributed by atoms with Gasteiger partial charge in [-0.3, -0.25) is 19.3 Å². The zero-order chi connectivity index (χ0) is 23.9. The molecule has 3 aliphatic rings. The fraction of sp³-hybridized carbons (Fsp3) is 0.654. The van der Waals surface area contributed by atoms with Crippen molar-refractivity contribution >= 4 is 17.7 Å². The van der Waals surface area contributed by atoms with E-state index < -0.39 is 0 Å². The lowest BCUT2D eigenvalue weighted by molar-refractivity contribution is -0.129. The van der Waals surface area contributed by atoms with Crippen LogP contribution in [0, 0.1) is 5.92 Å². The van der Waals surface area contributed by atoms with Crippen LogP contribution in [0.4, 0.5) is 0 Å². The average molecular weight is 471 g/mol. The Morgan fingerprint density at radius 3 is 2.35 bits per heavy atom. The lowest BCUT2D eigenvalue weighted by Gasteiger charge is -2.40. The third kappa shape index (κ3) is 5.90. The van der Waals surface area contributed by atoms with Crippen molar-refractivity contribution in [1.29, 1.82) is 0 Å². The molecular formula is C26H38N4O4. The summed E-state index contributed by atoms with van der Waals surface area (Å²) in [6.45, 7) is 4.83. The van der Waals surface area contributed by atoms with E-state index in [0.29, 0.717) is 50.6 Å². The standard InChI is InChI=1S/C26H38N4O4/c1-34-22-11-9-21(10-12-22)26(33)30-18-16-29(17-19-30)24(20-6-2-3-7-20)25(32)27-13-5-15-28-14-4-8-23(28)31/h9-12,20,24H,2-8,13-19H2,1H3,(H,27,32). The van der Waals surface area contributed by atoms with Crippen molar-refractivity contribution in [2.24, 2.45) is 5.92 Å². The first-order valence-electron chi connectivity index (χ1n) is 12.8. The van der Waals surface area contributed by atoms with Gasteiger partial charge < -0.3 is 19.9 Å². The van der Waals surface area contributed by atoms with Crippen molar-refractivity contribution in [3.63, 3.8) is 0 Å². The molecular weight excluding hydrogens is 432 g/mol. The molecule has 1 unspecified atom stereocenters. The Morgan fingerprint density at radius 1 is 1.03 bits per heavy atom. The summed E-state index contributed by atoms with van der Waals surface area (Å²) in [5, 5.41) is 3.16. The second-order valence-electron chi connectivity index (χ2n) is 9.67. The maximum atomic E-state index is 13.3. The van der Waals surface area contributed by atoms with Gasteiger partial charge in [0.1, 0.15) is 5.75 Å². The average Bonchev–Trinajstić information content (AvgIpc) is 3.54. The molecule has 8 heteroatoms. The number of benzene rings is 1. The molecule has 1 aromatic carbocycles. The Morgan fingerprint density at radius 2 is 1.74 bits per heavy atom. The number of methoxy groups -OCH3 is 1. The first kappa shape index (κ1) is 24.5. The highest BCUT2D eigenvalue weighted by molar-refractivity contribution is 5.94. The summed E-state index contributed by atoms with van der Waals surface area (Å²) in [4.78, 5) is 44.0. The summed E-state index contributed by atoms with van der Waals surface area (Å²) in [6.07, 6.45) is 6.93. The second-order valence-corrected chi connectivity index (χ2v) is 9.67. The Bertz CT molecular complexity index is 845. The van der Waals surface area contributed by atoms with E-state index in [1.54, 1.807) is 19.2 Å². The first-order chi connectivity index (χ1) is 16.6. The molecule has 2 aliphatic heterocycles. The monoisotopic (exact) mass is 470 g/mol. The number of nitrogens with one attached hydrogen (secondary N) is 1. The van der Waals surface area contributed by atoms with Crippen molar-refractivity contribution in [1.82, 2.24) is 20.0 Å². The molecule has 0 aromatic heterocycles. The lowest BCUT2D eigenvalue weighted by Crippen LogP contribution is -2.58. The van der Waals surface area contributed by atoms with Crippen LogP contribution in [0.25, 0.3) is 0 Å². The molecule has 1 aromatic rings. The number of hydrogen-bond acceptors (Lipinski definition) is 5. The number of ether oxygens (including phenoxy) is 1. The molecule has 3 amide bonds. The van der Waals surface area contributed by atoms with Crippen molar-refractivity contribution < 1.29 is 19.1 Å². The van der Waals surface area contributed by atoms with Gasteiger partial charge >= 0.3 is 0 Å². The zero-order valence-corrected chi connectivity index (χ0v) is 20.3. The smallest absolute Gasteiger partial charge is 0.253 e. The van der Waals surface area contributed by atoms with Crippen molar-refractivity contribution in [3.05, 3.63) is 29.8 Å². The fourth-order valence-corrected chi connectivity index (χ4v) is 5.60. The quantitative estimate of drug-likeness (QED) is 0.559. The van der Waals surface area contributed by atoms with Gasteiger partial charge in [0, 0.05) is 57.8 Å². The SMILES string of the molecule is COc1ccc(C(=O)N2CCN(C(C(=O)NCCCN3CCCC3=O)C3CCCC3)CC2)cc1. The third-order valence-electron chi connectivity index (χ3n) is 7.52. The van der Waals surface area contributed by atoms with Gasteiger partial charge in [-0.25, -0.2) is 0 Å². The van der Waals surface area contributed by atoms with E-state index >= 15 is 0 Å². The normalized spacial score (nSPS) is 20.6. The number of rotatable bonds is 9. The lowest BCUT2D eigenvalue weighted by atomic mass is 9.95. The van der Waals surface area contributed by atoms with E-state index in [-0.39, 0.29) is 23.8 Å². The minimum Gasteiger partial charge on any atom is -0.497 e. The number of piperazine rings is 1. The summed E-state index contributed by atoms with van der Waals surface area (Å²) >= 11 is 0. The van der Waals surface area contributed by atoms with Crippen LogP contribution in [0.5, 0.6) is 5.75 Å². The van der Waals surface area contributed by atoms with Gasteiger partial charge in [-0.15, -0.1) is 0 Å². The highest BCUT2D eigenvalue weighted by Gasteiger charge is 2.37. The molecule has 0 radical (unpaired) electrons. The van der Waals surface area contributed by atoms with Gasteiger partial charge in [0.25, 0.3) is 5.91 Å². The molecule has 1 aliphatic carbocycles. The van der Waals surface area contributed by atoms with Crippen LogP contribution in [0.15, 0.2) is 24.3 Å². The van der Waals surface area contributed by atoms with Crippen molar-refractivity contribution in [2.75, 3.05) is 52.9 Å². The summed E-state index contributed by atoms with van der Waals surface area (Å²) in [6, 6.07) is 7.10. The van der Waals surface area contributed by atoms with E-state index in [1.807, 2.05) is 21.9 Å². The van der Waals surface area contributed by atoms with Crippen LogP contribution in [0.1, 0.15) is 55.3 Å². The van der Waals surface area contributed by atoms with Crippen LogP contribution in [0.2, 0.25) is 0 Å². The highest BCUT2D eigenvalue weighted by Crippen LogP contribution is 2.31. The maximum Gasteiger partial charge on any atom is 0.253 e. The summed E-state index contributed by atoms with van der Waals surface area (Å²) in [5.41, 5.74) is 0.663. The van der Waals surface area contributed by atoms with Gasteiger partial charge in [0.05, 0.1) is 13.2 Å². The zero-order valence-electron chi connectivity index (χ0n) is 20.3. The first-order valence-corrected chi connectivity index (χ1v) is 12.8. The number of nitrogens with zero attached hydrogens (tertiary/aromatic N) is 3. The van der Waals surface area contributed by atoms with Gasteiger partial charge in [0.15, 0.2) is 0 Å². The van der Waals surface area contributed by atoms with Gasteiger partial charge in [-0.05, 0) is 55.9 Å². The molecule has 1 atom stereocenters. The Kier molecular flexibility index (Phi) is 8.43. The van der Waals surface area contributed by atoms with E-state index in [4.69, 9.17) is 4.74 Å². The van der Waals surface area contributed by atoms with Crippen LogP contribution in [0.3, 0.4) is 0 Å². The molecule has 4 rings (SSSR count). The van der Waals surface area contributed by atoms with Crippen molar-refractivity contribution in [2.45, 2.75) is 51.0 Å². The van der Waals surface area contributed by atoms with Gasteiger partial charge in [0.2, 0.25) is 11.8 Å². The van der Waals surface area contributed by atoms with Crippen LogP contribution in [-0.4, -0.2) is 91.4 Å². The number of likely N-dealkylation sites (tertiary alicyclic amines) is 1. The molecule has 8 nitrogen and oxygen atoms in total. The molecule has 0 bridgehead atoms. The molecule has 2 saturated heterocycles. The molecule has 34 heavy (non-hydrogen) atoms. The summed E-state index contributed by atoms with van der Waals surface area (Å²) < 4.78 is 5.18. The molecule has 3 fully saturated rings. The van der Waals surface area contributed by atoms with Crippen LogP contribution >= 0.6 is 0 Å². The van der Waals surface area contributed by atoms with E-state index in [2.05, 4.69) is 10.2 Å². The summed E-state index contributed by atoms with van der Waals surface area (Å²) in [5.74, 6) is 1.48. The number of amides is 3. The predicted molar refractivity (Wildman–Crippen MR) is 130 cm³/mol. The summed E-state index contributed by atoms with van der Waals surface area (Å²) in [7, 11) is 1.61. The minimum absolute atomic E-state index is 0.0284. The number of hydrogen-bond donors (Lipinski definition) is 1. The number of carbonyl (C=O) groups is 3. The third-order valence-corrected chi connectivity index (χ3v) is 7.52. The Hall–Kier alpha value is -2.61. The fourth-order valence-electron chi connectivity index (χ4n) is 5.60. The molecule has 1 N–H and O–H groups in total. The minimum atomic E-state index is -0.130. The number of carbonyl (C=O) groups excluding carboxylic acids is 3. The molecule has 186 valence electrons. The van der Waals surface area contributed by atoms with Crippen molar-refractivity contribution in [3.8, 4) is 5.75 Å². The Balaban J connectivity index is 1.29. The van der Waals surface area contributed by atoms with Crippen LogP contribution < -0.4 is 10.1 Å².